The molecule has 3 aromatic rings. The Morgan fingerprint density at radius 3 is 1.95 bits per heavy atom. The summed E-state index contributed by atoms with van der Waals surface area (Å²) in [6.07, 6.45) is 0. The Hall–Kier alpha value is -3.85. The second kappa shape index (κ2) is 11.9. The molecule has 8 nitrogen and oxygen atoms in total. The maximum absolute atomic E-state index is 13.8. The van der Waals surface area contributed by atoms with E-state index in [2.05, 4.69) is 5.32 Å². The van der Waals surface area contributed by atoms with Crippen LogP contribution < -0.4 is 14.4 Å². The molecule has 0 aliphatic rings. The van der Waals surface area contributed by atoms with Crippen LogP contribution >= 0.6 is 0 Å². The van der Waals surface area contributed by atoms with Gasteiger partial charge in [-0.05, 0) is 62.7 Å². The molecule has 0 radical (unpaired) electrons. The van der Waals surface area contributed by atoms with Gasteiger partial charge in [-0.15, -0.1) is 0 Å². The Morgan fingerprint density at radius 1 is 0.892 bits per heavy atom. The molecular formula is C28H33N3O5S. The first-order valence-electron chi connectivity index (χ1n) is 11.9. The Kier molecular flexibility index (Phi) is 8.94. The largest absolute Gasteiger partial charge is 0.497 e. The molecule has 196 valence electrons. The SMILES string of the molecule is CNC(=O)C(C)N(Cc1ccc(C)cc1)C(=O)CN(c1ccc(C)cc1)S(=O)(=O)c1ccc(OC)cc1. The van der Waals surface area contributed by atoms with Gasteiger partial charge in [0, 0.05) is 13.6 Å². The van der Waals surface area contributed by atoms with Crippen molar-refractivity contribution in [3.8, 4) is 5.75 Å². The highest BCUT2D eigenvalue weighted by atomic mass is 32.2. The zero-order chi connectivity index (χ0) is 27.2. The number of ether oxygens (including phenoxy) is 1. The van der Waals surface area contributed by atoms with E-state index in [9.17, 15) is 18.0 Å². The fourth-order valence-corrected chi connectivity index (χ4v) is 5.21. The third kappa shape index (κ3) is 6.68. The molecule has 9 heteroatoms. The summed E-state index contributed by atoms with van der Waals surface area (Å²) in [5.41, 5.74) is 3.19. The van der Waals surface area contributed by atoms with Gasteiger partial charge in [-0.3, -0.25) is 13.9 Å². The first-order valence-corrected chi connectivity index (χ1v) is 13.3. The van der Waals surface area contributed by atoms with E-state index in [-0.39, 0.29) is 17.3 Å². The summed E-state index contributed by atoms with van der Waals surface area (Å²) in [5.74, 6) is -0.338. The van der Waals surface area contributed by atoms with Crippen molar-refractivity contribution in [2.45, 2.75) is 38.3 Å². The number of carbonyl (C=O) groups is 2. The lowest BCUT2D eigenvalue weighted by Crippen LogP contribution is -2.50. The highest BCUT2D eigenvalue weighted by molar-refractivity contribution is 7.92. The molecule has 0 bridgehead atoms. The number of nitrogens with one attached hydrogen (secondary N) is 1. The van der Waals surface area contributed by atoms with Crippen molar-refractivity contribution >= 4 is 27.5 Å². The number of amides is 2. The number of methoxy groups -OCH3 is 1. The van der Waals surface area contributed by atoms with Gasteiger partial charge in [0.2, 0.25) is 11.8 Å². The van der Waals surface area contributed by atoms with Gasteiger partial charge in [0.15, 0.2) is 0 Å². The van der Waals surface area contributed by atoms with Crippen molar-refractivity contribution in [2.75, 3.05) is 25.0 Å². The van der Waals surface area contributed by atoms with E-state index in [1.165, 1.54) is 31.2 Å². The van der Waals surface area contributed by atoms with Crippen molar-refractivity contribution in [1.82, 2.24) is 10.2 Å². The van der Waals surface area contributed by atoms with Crippen molar-refractivity contribution in [3.05, 3.63) is 89.5 Å². The summed E-state index contributed by atoms with van der Waals surface area (Å²) in [5, 5.41) is 2.58. The summed E-state index contributed by atoms with van der Waals surface area (Å²) in [6, 6.07) is 19.7. The summed E-state index contributed by atoms with van der Waals surface area (Å²) in [4.78, 5) is 27.7. The van der Waals surface area contributed by atoms with E-state index in [0.717, 1.165) is 21.0 Å². The molecule has 3 aromatic carbocycles. The number of hydrogen-bond acceptors (Lipinski definition) is 5. The van der Waals surface area contributed by atoms with E-state index in [0.29, 0.717) is 11.4 Å². The third-order valence-electron chi connectivity index (χ3n) is 6.14. The molecule has 1 N–H and O–H groups in total. The van der Waals surface area contributed by atoms with Crippen LogP contribution in [0, 0.1) is 13.8 Å². The predicted molar refractivity (Wildman–Crippen MR) is 144 cm³/mol. The Morgan fingerprint density at radius 2 is 1.43 bits per heavy atom. The molecule has 0 aliphatic heterocycles. The average molecular weight is 524 g/mol. The van der Waals surface area contributed by atoms with Gasteiger partial charge in [-0.25, -0.2) is 8.42 Å². The molecule has 3 rings (SSSR count). The molecule has 37 heavy (non-hydrogen) atoms. The van der Waals surface area contributed by atoms with E-state index < -0.39 is 28.5 Å². The minimum atomic E-state index is -4.12. The number of sulfonamides is 1. The maximum atomic E-state index is 13.8. The number of aryl methyl sites for hydroxylation is 2. The second-order valence-corrected chi connectivity index (χ2v) is 10.7. The first-order chi connectivity index (χ1) is 17.6. The zero-order valence-electron chi connectivity index (χ0n) is 21.8. The van der Waals surface area contributed by atoms with E-state index in [4.69, 9.17) is 4.74 Å². The number of anilines is 1. The maximum Gasteiger partial charge on any atom is 0.264 e. The van der Waals surface area contributed by atoms with Crippen molar-refractivity contribution < 1.29 is 22.7 Å². The van der Waals surface area contributed by atoms with Gasteiger partial charge in [-0.2, -0.15) is 0 Å². The Bertz CT molecular complexity index is 1320. The minimum Gasteiger partial charge on any atom is -0.497 e. The monoisotopic (exact) mass is 523 g/mol. The number of benzene rings is 3. The molecule has 1 atom stereocenters. The molecular weight excluding hydrogens is 490 g/mol. The predicted octanol–water partition coefficient (Wildman–Crippen LogP) is 3.67. The van der Waals surface area contributed by atoms with Crippen LogP contribution in [0.3, 0.4) is 0 Å². The summed E-state index contributed by atoms with van der Waals surface area (Å²) in [6.45, 7) is 5.15. The zero-order valence-corrected chi connectivity index (χ0v) is 22.6. The van der Waals surface area contributed by atoms with Gasteiger partial charge in [0.05, 0.1) is 17.7 Å². The quantitative estimate of drug-likeness (QED) is 0.438. The van der Waals surface area contributed by atoms with Crippen molar-refractivity contribution in [2.24, 2.45) is 0 Å². The number of likely N-dealkylation sites (N-methyl/N-ethyl adjacent to an activating group) is 1. The van der Waals surface area contributed by atoms with E-state index in [1.807, 2.05) is 38.1 Å². The van der Waals surface area contributed by atoms with Gasteiger partial charge in [0.25, 0.3) is 10.0 Å². The highest BCUT2D eigenvalue weighted by Crippen LogP contribution is 2.26. The van der Waals surface area contributed by atoms with Gasteiger partial charge in [0.1, 0.15) is 18.3 Å². The first kappa shape index (κ1) is 27.7. The second-order valence-electron chi connectivity index (χ2n) is 8.82. The topological polar surface area (TPSA) is 96.0 Å². The van der Waals surface area contributed by atoms with Crippen LogP contribution in [0.5, 0.6) is 5.75 Å². The summed E-state index contributed by atoms with van der Waals surface area (Å²) < 4.78 is 33.8. The standard InChI is InChI=1S/C28H33N3O5S/c1-20-6-10-23(11-7-20)18-30(22(3)28(33)29-4)27(32)19-31(24-12-8-21(2)9-13-24)37(34,35)26-16-14-25(36-5)15-17-26/h6-17,22H,18-19H2,1-5H3,(H,29,33). The lowest BCUT2D eigenvalue weighted by molar-refractivity contribution is -0.139. The molecule has 1 unspecified atom stereocenters. The normalized spacial score (nSPS) is 11.9. The van der Waals surface area contributed by atoms with Crippen molar-refractivity contribution in [1.29, 1.82) is 0 Å². The molecule has 0 aliphatic carbocycles. The van der Waals surface area contributed by atoms with Crippen molar-refractivity contribution in [3.63, 3.8) is 0 Å². The third-order valence-corrected chi connectivity index (χ3v) is 7.92. The van der Waals surface area contributed by atoms with Gasteiger partial charge >= 0.3 is 0 Å². The van der Waals surface area contributed by atoms with Gasteiger partial charge in [-0.1, -0.05) is 47.5 Å². The van der Waals surface area contributed by atoms with E-state index in [1.54, 1.807) is 43.3 Å². The molecule has 0 saturated heterocycles. The lowest BCUT2D eigenvalue weighted by Gasteiger charge is -2.31. The van der Waals surface area contributed by atoms with Crippen LogP contribution in [0.4, 0.5) is 5.69 Å². The highest BCUT2D eigenvalue weighted by Gasteiger charge is 2.32. The molecule has 2 amide bonds. The van der Waals surface area contributed by atoms with E-state index >= 15 is 0 Å². The van der Waals surface area contributed by atoms with Crippen LogP contribution in [0.25, 0.3) is 0 Å². The molecule has 0 saturated carbocycles. The van der Waals surface area contributed by atoms with Gasteiger partial charge < -0.3 is 15.0 Å². The summed E-state index contributed by atoms with van der Waals surface area (Å²) in [7, 11) is -1.12. The van der Waals surface area contributed by atoms with Crippen LogP contribution in [0.1, 0.15) is 23.6 Å². The summed E-state index contributed by atoms with van der Waals surface area (Å²) >= 11 is 0. The number of nitrogens with zero attached hydrogens (tertiary/aromatic N) is 2. The molecule has 0 heterocycles. The number of rotatable bonds is 10. The van der Waals surface area contributed by atoms with Crippen LogP contribution in [0.15, 0.2) is 77.7 Å². The molecule has 0 spiro atoms. The Balaban J connectivity index is 2.01. The minimum absolute atomic E-state index is 0.0195. The smallest absolute Gasteiger partial charge is 0.264 e. The fourth-order valence-electron chi connectivity index (χ4n) is 3.80. The van der Waals surface area contributed by atoms with Crippen LogP contribution in [-0.4, -0.2) is 51.9 Å². The lowest BCUT2D eigenvalue weighted by atomic mass is 10.1. The number of hydrogen-bond donors (Lipinski definition) is 1. The Labute approximate surface area is 218 Å². The average Bonchev–Trinajstić information content (AvgIpc) is 2.91. The molecule has 0 fully saturated rings. The molecule has 0 aromatic heterocycles. The van der Waals surface area contributed by atoms with Crippen LogP contribution in [0.2, 0.25) is 0 Å². The fraction of sp³-hybridized carbons (Fsp3) is 0.286. The van der Waals surface area contributed by atoms with Crippen LogP contribution in [-0.2, 0) is 26.2 Å². The number of carbonyl (C=O) groups excluding carboxylic acids is 2.